The van der Waals surface area contributed by atoms with Gasteiger partial charge in [-0.25, -0.2) is 4.68 Å². The van der Waals surface area contributed by atoms with Crippen LogP contribution >= 0.6 is 0 Å². The van der Waals surface area contributed by atoms with Gasteiger partial charge in [-0.15, -0.1) is 5.10 Å². The molecule has 0 saturated heterocycles. The van der Waals surface area contributed by atoms with Crippen molar-refractivity contribution in [1.82, 2.24) is 20.2 Å². The minimum absolute atomic E-state index is 0.165. The van der Waals surface area contributed by atoms with E-state index in [1.165, 1.54) is 17.1 Å². The van der Waals surface area contributed by atoms with Crippen molar-refractivity contribution >= 4 is 11.6 Å². The van der Waals surface area contributed by atoms with Gasteiger partial charge >= 0.3 is 0 Å². The summed E-state index contributed by atoms with van der Waals surface area (Å²) in [5.74, 6) is -0.165. The normalized spacial score (nSPS) is 10.6. The quantitative estimate of drug-likeness (QED) is 0.802. The third-order valence-corrected chi connectivity index (χ3v) is 2.05. The predicted octanol–water partition coefficient (Wildman–Crippen LogP) is 1.18. The first-order valence-electron chi connectivity index (χ1n) is 5.06. The molecule has 2 aromatic rings. The lowest BCUT2D eigenvalue weighted by molar-refractivity contribution is -0.111. The van der Waals surface area contributed by atoms with Gasteiger partial charge in [0.05, 0.1) is 5.69 Å². The zero-order valence-electron chi connectivity index (χ0n) is 9.24. The highest BCUT2D eigenvalue weighted by Gasteiger charge is 2.01. The molecule has 1 aromatic carbocycles. The number of nitrogens with one attached hydrogen (secondary N) is 1. The number of tetrazole rings is 1. The number of amides is 1. The van der Waals surface area contributed by atoms with Crippen LogP contribution < -0.4 is 5.32 Å². The molecule has 0 saturated carbocycles. The molecule has 2 rings (SSSR count). The summed E-state index contributed by atoms with van der Waals surface area (Å²) in [5.41, 5.74) is 1.48. The SMILES string of the molecule is C/C=C/C(=O)Nc1cccc(-n2cnnn2)c1. The Bertz CT molecular complexity index is 533. The van der Waals surface area contributed by atoms with E-state index in [1.54, 1.807) is 25.1 Å². The summed E-state index contributed by atoms with van der Waals surface area (Å²) >= 11 is 0. The van der Waals surface area contributed by atoms with Gasteiger partial charge in [-0.2, -0.15) is 0 Å². The molecule has 0 radical (unpaired) electrons. The summed E-state index contributed by atoms with van der Waals surface area (Å²) in [6.45, 7) is 1.79. The van der Waals surface area contributed by atoms with E-state index in [-0.39, 0.29) is 5.91 Å². The zero-order chi connectivity index (χ0) is 12.1. The summed E-state index contributed by atoms with van der Waals surface area (Å²) in [4.78, 5) is 11.4. The van der Waals surface area contributed by atoms with Crippen molar-refractivity contribution in [2.24, 2.45) is 0 Å². The standard InChI is InChI=1S/C11H11N5O/c1-2-4-11(17)13-9-5-3-6-10(7-9)16-8-12-14-15-16/h2-8H,1H3,(H,13,17)/b4-2+. The highest BCUT2D eigenvalue weighted by Crippen LogP contribution is 2.13. The van der Waals surface area contributed by atoms with Crippen LogP contribution in [0.2, 0.25) is 0 Å². The molecule has 6 heteroatoms. The molecule has 1 aromatic heterocycles. The van der Waals surface area contributed by atoms with Gasteiger partial charge in [0.2, 0.25) is 5.91 Å². The largest absolute Gasteiger partial charge is 0.322 e. The van der Waals surface area contributed by atoms with Gasteiger partial charge in [0.1, 0.15) is 6.33 Å². The molecule has 1 N–H and O–H groups in total. The van der Waals surface area contributed by atoms with Gasteiger partial charge in [-0.1, -0.05) is 12.1 Å². The lowest BCUT2D eigenvalue weighted by Gasteiger charge is -2.04. The molecule has 1 amide bonds. The van der Waals surface area contributed by atoms with Crippen molar-refractivity contribution in [1.29, 1.82) is 0 Å². The number of carbonyl (C=O) groups excluding carboxylic acids is 1. The van der Waals surface area contributed by atoms with Crippen LogP contribution in [0.1, 0.15) is 6.92 Å². The fourth-order valence-electron chi connectivity index (χ4n) is 1.34. The maximum absolute atomic E-state index is 11.4. The Morgan fingerprint density at radius 3 is 3.06 bits per heavy atom. The van der Waals surface area contributed by atoms with Crippen molar-refractivity contribution in [3.8, 4) is 5.69 Å². The monoisotopic (exact) mass is 229 g/mol. The van der Waals surface area contributed by atoms with Crippen LogP contribution in [-0.4, -0.2) is 26.1 Å². The lowest BCUT2D eigenvalue weighted by Crippen LogP contribution is -2.08. The number of hydrogen-bond donors (Lipinski definition) is 1. The zero-order valence-corrected chi connectivity index (χ0v) is 9.24. The average molecular weight is 229 g/mol. The second kappa shape index (κ2) is 5.02. The van der Waals surface area contributed by atoms with Gasteiger partial charge in [-0.05, 0) is 41.6 Å². The molecular formula is C11H11N5O. The first-order valence-corrected chi connectivity index (χ1v) is 5.06. The van der Waals surface area contributed by atoms with Crippen molar-refractivity contribution in [2.75, 3.05) is 5.32 Å². The number of nitrogens with zero attached hydrogens (tertiary/aromatic N) is 4. The number of anilines is 1. The second-order valence-corrected chi connectivity index (χ2v) is 3.29. The van der Waals surface area contributed by atoms with Crippen molar-refractivity contribution in [3.63, 3.8) is 0 Å². The molecule has 0 bridgehead atoms. The molecule has 6 nitrogen and oxygen atoms in total. The summed E-state index contributed by atoms with van der Waals surface area (Å²) in [6, 6.07) is 7.26. The molecule has 0 fully saturated rings. The molecule has 0 spiro atoms. The Hall–Kier alpha value is -2.50. The third-order valence-electron chi connectivity index (χ3n) is 2.05. The van der Waals surface area contributed by atoms with Crippen molar-refractivity contribution in [2.45, 2.75) is 6.92 Å². The first-order chi connectivity index (χ1) is 8.29. The number of rotatable bonds is 3. The van der Waals surface area contributed by atoms with E-state index in [0.29, 0.717) is 5.69 Å². The van der Waals surface area contributed by atoms with Gasteiger partial charge in [-0.3, -0.25) is 4.79 Å². The summed E-state index contributed by atoms with van der Waals surface area (Å²) in [5, 5.41) is 13.6. The number of hydrogen-bond acceptors (Lipinski definition) is 4. The molecular weight excluding hydrogens is 218 g/mol. The molecule has 0 aliphatic heterocycles. The summed E-state index contributed by atoms with van der Waals surface area (Å²) in [6.07, 6.45) is 4.64. The Kier molecular flexibility index (Phi) is 3.25. The molecule has 0 aliphatic carbocycles. The van der Waals surface area contributed by atoms with Crippen LogP contribution in [0.3, 0.4) is 0 Å². The van der Waals surface area contributed by atoms with E-state index in [2.05, 4.69) is 20.8 Å². The van der Waals surface area contributed by atoms with E-state index >= 15 is 0 Å². The highest BCUT2D eigenvalue weighted by atomic mass is 16.1. The van der Waals surface area contributed by atoms with Gasteiger partial charge in [0, 0.05) is 5.69 Å². The van der Waals surface area contributed by atoms with Crippen LogP contribution in [0, 0.1) is 0 Å². The maximum Gasteiger partial charge on any atom is 0.248 e. The van der Waals surface area contributed by atoms with E-state index in [1.807, 2.05) is 12.1 Å². The number of aromatic nitrogens is 4. The average Bonchev–Trinajstić information content (AvgIpc) is 2.83. The van der Waals surface area contributed by atoms with Gasteiger partial charge in [0.25, 0.3) is 0 Å². The smallest absolute Gasteiger partial charge is 0.248 e. The summed E-state index contributed by atoms with van der Waals surface area (Å²) in [7, 11) is 0. The van der Waals surface area contributed by atoms with E-state index < -0.39 is 0 Å². The maximum atomic E-state index is 11.4. The number of benzene rings is 1. The highest BCUT2D eigenvalue weighted by molar-refractivity contribution is 5.99. The van der Waals surface area contributed by atoms with Crippen LogP contribution in [0.15, 0.2) is 42.7 Å². The molecule has 17 heavy (non-hydrogen) atoms. The lowest BCUT2D eigenvalue weighted by atomic mass is 10.2. The summed E-state index contributed by atoms with van der Waals surface area (Å²) < 4.78 is 1.52. The Labute approximate surface area is 98.0 Å². The molecule has 0 unspecified atom stereocenters. The predicted molar refractivity (Wildman–Crippen MR) is 62.6 cm³/mol. The van der Waals surface area contributed by atoms with Crippen molar-refractivity contribution in [3.05, 3.63) is 42.7 Å². The fraction of sp³-hybridized carbons (Fsp3) is 0.0909. The van der Waals surface area contributed by atoms with Crippen LogP contribution in [-0.2, 0) is 4.79 Å². The van der Waals surface area contributed by atoms with Gasteiger partial charge in [0.15, 0.2) is 0 Å². The van der Waals surface area contributed by atoms with Crippen LogP contribution in [0.5, 0.6) is 0 Å². The molecule has 0 atom stereocenters. The molecule has 1 heterocycles. The van der Waals surface area contributed by atoms with E-state index in [4.69, 9.17) is 0 Å². The topological polar surface area (TPSA) is 72.7 Å². The molecule has 0 aliphatic rings. The number of allylic oxidation sites excluding steroid dienone is 1. The number of carbonyl (C=O) groups is 1. The minimum Gasteiger partial charge on any atom is -0.322 e. The minimum atomic E-state index is -0.165. The van der Waals surface area contributed by atoms with Crippen molar-refractivity contribution < 1.29 is 4.79 Å². The Morgan fingerprint density at radius 2 is 2.35 bits per heavy atom. The third kappa shape index (κ3) is 2.75. The van der Waals surface area contributed by atoms with E-state index in [9.17, 15) is 4.79 Å². The van der Waals surface area contributed by atoms with E-state index in [0.717, 1.165) is 5.69 Å². The fourth-order valence-corrected chi connectivity index (χ4v) is 1.34. The van der Waals surface area contributed by atoms with Gasteiger partial charge < -0.3 is 5.32 Å². The van der Waals surface area contributed by atoms with Crippen LogP contribution in [0.25, 0.3) is 5.69 Å². The van der Waals surface area contributed by atoms with Crippen LogP contribution in [0.4, 0.5) is 5.69 Å². The first kappa shape index (κ1) is 11.0. The second-order valence-electron chi connectivity index (χ2n) is 3.29. The molecule has 86 valence electrons. The Morgan fingerprint density at radius 1 is 1.47 bits per heavy atom. The Balaban J connectivity index is 2.20.